The Kier molecular flexibility index (Phi) is 8.43. The molecule has 0 aliphatic heterocycles. The van der Waals surface area contributed by atoms with Crippen LogP contribution in [0.5, 0.6) is 11.5 Å². The van der Waals surface area contributed by atoms with Gasteiger partial charge in [-0.15, -0.1) is 0 Å². The molecule has 1 aliphatic carbocycles. The molecule has 4 heteroatoms. The molecule has 27 heavy (non-hydrogen) atoms. The largest absolute Gasteiger partial charge is 0.508 e. The highest BCUT2D eigenvalue weighted by Crippen LogP contribution is 2.35. The van der Waals surface area contributed by atoms with Crippen LogP contribution in [0.4, 0.5) is 0 Å². The van der Waals surface area contributed by atoms with E-state index in [1.54, 1.807) is 6.07 Å². The number of nitrogens with two attached hydrogens (primary N) is 1. The second kappa shape index (κ2) is 10.3. The fourth-order valence-corrected chi connectivity index (χ4v) is 3.83. The van der Waals surface area contributed by atoms with E-state index in [0.29, 0.717) is 24.5 Å². The van der Waals surface area contributed by atoms with Gasteiger partial charge in [-0.1, -0.05) is 45.6 Å². The van der Waals surface area contributed by atoms with E-state index in [0.717, 1.165) is 30.7 Å². The molecule has 2 atom stereocenters. The average Bonchev–Trinajstić information content (AvgIpc) is 2.57. The number of aliphatic hydroxyl groups excluding tert-OH is 1. The predicted molar refractivity (Wildman–Crippen MR) is 111 cm³/mol. The molecule has 1 saturated carbocycles. The number of benzene rings is 1. The zero-order chi connectivity index (χ0) is 19.9. The van der Waals surface area contributed by atoms with Crippen molar-refractivity contribution in [3.05, 3.63) is 23.8 Å². The molecule has 0 bridgehead atoms. The van der Waals surface area contributed by atoms with Gasteiger partial charge in [0.1, 0.15) is 11.5 Å². The van der Waals surface area contributed by atoms with Crippen molar-refractivity contribution in [2.24, 2.45) is 17.6 Å². The van der Waals surface area contributed by atoms with Gasteiger partial charge in [0.25, 0.3) is 0 Å². The summed E-state index contributed by atoms with van der Waals surface area (Å²) in [6, 6.07) is 5.56. The Hall–Kier alpha value is -1.26. The molecule has 1 fully saturated rings. The summed E-state index contributed by atoms with van der Waals surface area (Å²) in [6.45, 7) is 6.55. The molecule has 0 saturated heterocycles. The minimum Gasteiger partial charge on any atom is -0.508 e. The van der Waals surface area contributed by atoms with Crippen LogP contribution in [0.1, 0.15) is 77.7 Å². The highest BCUT2D eigenvalue weighted by Gasteiger charge is 2.31. The Bertz CT molecular complexity index is 571. The Morgan fingerprint density at radius 3 is 2.52 bits per heavy atom. The normalized spacial score (nSPS) is 18.1. The third kappa shape index (κ3) is 7.34. The van der Waals surface area contributed by atoms with E-state index in [4.69, 9.17) is 10.5 Å². The van der Waals surface area contributed by atoms with E-state index in [2.05, 4.69) is 20.8 Å². The molecule has 0 heterocycles. The molecule has 0 amide bonds. The first-order valence-electron chi connectivity index (χ1n) is 10.7. The molecule has 0 radical (unpaired) electrons. The molecule has 1 aromatic carbocycles. The Morgan fingerprint density at radius 1 is 1.22 bits per heavy atom. The van der Waals surface area contributed by atoms with Crippen molar-refractivity contribution in [2.75, 3.05) is 6.61 Å². The lowest BCUT2D eigenvalue weighted by Crippen LogP contribution is -2.46. The average molecular weight is 378 g/mol. The highest BCUT2D eigenvalue weighted by atomic mass is 16.5. The maximum Gasteiger partial charge on any atom is 0.123 e. The minimum absolute atomic E-state index is 0.000646. The van der Waals surface area contributed by atoms with Crippen LogP contribution in [0.15, 0.2) is 18.2 Å². The molecule has 0 aromatic heterocycles. The molecule has 4 N–H and O–H groups in total. The summed E-state index contributed by atoms with van der Waals surface area (Å²) < 4.78 is 5.95. The van der Waals surface area contributed by atoms with Crippen molar-refractivity contribution in [3.63, 3.8) is 0 Å². The number of hydrogen-bond acceptors (Lipinski definition) is 4. The summed E-state index contributed by atoms with van der Waals surface area (Å²) in [4.78, 5) is 0. The first-order chi connectivity index (χ1) is 12.8. The van der Waals surface area contributed by atoms with Gasteiger partial charge < -0.3 is 20.7 Å². The Balaban J connectivity index is 1.84. The number of aliphatic hydroxyl groups is 1. The molecule has 2 unspecified atom stereocenters. The Morgan fingerprint density at radius 2 is 1.96 bits per heavy atom. The van der Waals surface area contributed by atoms with Crippen molar-refractivity contribution in [3.8, 4) is 11.5 Å². The van der Waals surface area contributed by atoms with Crippen LogP contribution >= 0.6 is 0 Å². The lowest BCUT2D eigenvalue weighted by atomic mass is 9.75. The summed E-state index contributed by atoms with van der Waals surface area (Å²) in [5.74, 6) is 2.34. The Labute approximate surface area is 165 Å². The summed E-state index contributed by atoms with van der Waals surface area (Å²) in [5.41, 5.74) is 6.74. The van der Waals surface area contributed by atoms with Crippen LogP contribution in [0, 0.1) is 11.8 Å². The molecule has 1 aromatic rings. The van der Waals surface area contributed by atoms with Crippen LogP contribution in [-0.4, -0.2) is 28.5 Å². The third-order valence-electron chi connectivity index (χ3n) is 5.91. The van der Waals surface area contributed by atoms with Crippen molar-refractivity contribution < 1.29 is 14.9 Å². The third-order valence-corrected chi connectivity index (χ3v) is 5.91. The van der Waals surface area contributed by atoms with Crippen LogP contribution in [0.25, 0.3) is 0 Å². The van der Waals surface area contributed by atoms with Gasteiger partial charge in [0.2, 0.25) is 0 Å². The van der Waals surface area contributed by atoms with Crippen molar-refractivity contribution in [2.45, 2.75) is 90.2 Å². The van der Waals surface area contributed by atoms with Gasteiger partial charge in [0, 0.05) is 11.6 Å². The second-order valence-electron chi connectivity index (χ2n) is 9.07. The predicted octanol–water partition coefficient (Wildman–Crippen LogP) is 4.80. The van der Waals surface area contributed by atoms with Crippen molar-refractivity contribution >= 4 is 0 Å². The highest BCUT2D eigenvalue weighted by molar-refractivity contribution is 5.40. The lowest BCUT2D eigenvalue weighted by Gasteiger charge is -2.35. The number of ether oxygens (including phenoxy) is 1. The summed E-state index contributed by atoms with van der Waals surface area (Å²) in [6.07, 6.45) is 9.49. The molecule has 154 valence electrons. The van der Waals surface area contributed by atoms with Gasteiger partial charge in [0.05, 0.1) is 12.7 Å². The lowest BCUT2D eigenvalue weighted by molar-refractivity contribution is 0.135. The van der Waals surface area contributed by atoms with Gasteiger partial charge in [-0.25, -0.2) is 0 Å². The van der Waals surface area contributed by atoms with Crippen molar-refractivity contribution in [1.82, 2.24) is 0 Å². The first-order valence-corrected chi connectivity index (χ1v) is 10.7. The second-order valence-corrected chi connectivity index (χ2v) is 9.07. The minimum atomic E-state index is -0.544. The number of phenols is 1. The molecule has 1 aliphatic rings. The molecular weight excluding hydrogens is 338 g/mol. The number of aryl methyl sites for hydroxylation is 1. The van der Waals surface area contributed by atoms with Crippen LogP contribution < -0.4 is 10.5 Å². The molecule has 0 spiro atoms. The number of aromatic hydroxyl groups is 1. The maximum atomic E-state index is 10.4. The van der Waals surface area contributed by atoms with Gasteiger partial charge >= 0.3 is 0 Å². The zero-order valence-corrected chi connectivity index (χ0v) is 17.4. The SMILES string of the molecule is CC(C)CCCC(C)Oc1ccc(CCC(N)(CO)CC2CCC2)c(O)c1. The molecule has 4 nitrogen and oxygen atoms in total. The molecule has 2 rings (SSSR count). The zero-order valence-electron chi connectivity index (χ0n) is 17.4. The quantitative estimate of drug-likeness (QED) is 0.489. The van der Waals surface area contributed by atoms with Gasteiger partial charge in [0.15, 0.2) is 0 Å². The van der Waals surface area contributed by atoms with E-state index in [-0.39, 0.29) is 18.5 Å². The smallest absolute Gasteiger partial charge is 0.123 e. The van der Waals surface area contributed by atoms with Crippen molar-refractivity contribution in [1.29, 1.82) is 0 Å². The summed E-state index contributed by atoms with van der Waals surface area (Å²) in [7, 11) is 0. The van der Waals surface area contributed by atoms with E-state index in [1.165, 1.54) is 25.7 Å². The topological polar surface area (TPSA) is 75.7 Å². The summed E-state index contributed by atoms with van der Waals surface area (Å²) >= 11 is 0. The fourth-order valence-electron chi connectivity index (χ4n) is 3.83. The number of hydrogen-bond donors (Lipinski definition) is 3. The van der Waals surface area contributed by atoms with Gasteiger partial charge in [-0.05, 0) is 62.5 Å². The number of phenolic OH excluding ortho intramolecular Hbond substituents is 1. The van der Waals surface area contributed by atoms with E-state index >= 15 is 0 Å². The van der Waals surface area contributed by atoms with Gasteiger partial charge in [-0.2, -0.15) is 0 Å². The number of rotatable bonds is 12. The molecular formula is C23H39NO3. The monoisotopic (exact) mass is 377 g/mol. The first kappa shape index (κ1) is 22.0. The maximum absolute atomic E-state index is 10.4. The van der Waals surface area contributed by atoms with Crippen LogP contribution in [-0.2, 0) is 6.42 Å². The van der Waals surface area contributed by atoms with Crippen LogP contribution in [0.2, 0.25) is 0 Å². The standard InChI is InChI=1S/C23H39NO3/c1-17(2)6-4-7-18(3)27-21-11-10-20(22(26)14-21)12-13-23(24,16-25)15-19-8-5-9-19/h10-11,14,17-19,25-26H,4-9,12-13,15-16,24H2,1-3H3. The fraction of sp³-hybridized carbons (Fsp3) is 0.739. The van der Waals surface area contributed by atoms with E-state index in [1.807, 2.05) is 12.1 Å². The van der Waals surface area contributed by atoms with Crippen LogP contribution in [0.3, 0.4) is 0 Å². The van der Waals surface area contributed by atoms with E-state index < -0.39 is 5.54 Å². The van der Waals surface area contributed by atoms with Gasteiger partial charge in [-0.3, -0.25) is 0 Å². The summed E-state index contributed by atoms with van der Waals surface area (Å²) in [5, 5.41) is 20.1. The van der Waals surface area contributed by atoms with E-state index in [9.17, 15) is 10.2 Å².